The fraction of sp³-hybridized carbons (Fsp3) is 0.263. The van der Waals surface area contributed by atoms with E-state index in [9.17, 15) is 0 Å². The molecule has 0 N–H and O–H groups in total. The minimum atomic E-state index is 0.111. The summed E-state index contributed by atoms with van der Waals surface area (Å²) in [7, 11) is 0. The second-order valence-corrected chi connectivity index (χ2v) is 7.15. The number of thioether (sulfide) groups is 1. The molecular formula is C19H20N2OS. The highest BCUT2D eigenvalue weighted by molar-refractivity contribution is 7.99. The van der Waals surface area contributed by atoms with Crippen molar-refractivity contribution in [2.24, 2.45) is 0 Å². The monoisotopic (exact) mass is 324 g/mol. The first-order valence-electron chi connectivity index (χ1n) is 7.68. The quantitative estimate of drug-likeness (QED) is 0.593. The number of nitrogens with zero attached hydrogens (tertiary/aromatic N) is 2. The van der Waals surface area contributed by atoms with Crippen molar-refractivity contribution in [2.75, 3.05) is 0 Å². The van der Waals surface area contributed by atoms with E-state index in [1.807, 2.05) is 30.3 Å². The van der Waals surface area contributed by atoms with Crippen LogP contribution in [0.1, 0.15) is 34.8 Å². The molecule has 0 saturated carbocycles. The van der Waals surface area contributed by atoms with E-state index in [4.69, 9.17) is 4.42 Å². The Balaban J connectivity index is 1.82. The van der Waals surface area contributed by atoms with Crippen LogP contribution in [0.3, 0.4) is 0 Å². The molecule has 3 aromatic rings. The molecule has 23 heavy (non-hydrogen) atoms. The molecule has 0 spiro atoms. The van der Waals surface area contributed by atoms with Gasteiger partial charge in [-0.3, -0.25) is 0 Å². The number of hydrogen-bond donors (Lipinski definition) is 0. The van der Waals surface area contributed by atoms with E-state index in [1.54, 1.807) is 11.8 Å². The van der Waals surface area contributed by atoms with Gasteiger partial charge in [-0.2, -0.15) is 0 Å². The number of benzene rings is 2. The molecule has 1 aromatic heterocycles. The van der Waals surface area contributed by atoms with Crippen LogP contribution in [0.4, 0.5) is 0 Å². The van der Waals surface area contributed by atoms with Crippen molar-refractivity contribution in [3.63, 3.8) is 0 Å². The van der Waals surface area contributed by atoms with Gasteiger partial charge in [0.25, 0.3) is 0 Å². The van der Waals surface area contributed by atoms with E-state index < -0.39 is 0 Å². The Morgan fingerprint density at radius 2 is 1.61 bits per heavy atom. The van der Waals surface area contributed by atoms with Crippen molar-refractivity contribution >= 4 is 11.8 Å². The van der Waals surface area contributed by atoms with Crippen molar-refractivity contribution in [2.45, 2.75) is 37.8 Å². The van der Waals surface area contributed by atoms with Crippen molar-refractivity contribution < 1.29 is 4.42 Å². The van der Waals surface area contributed by atoms with Crippen molar-refractivity contribution in [1.82, 2.24) is 10.2 Å². The van der Waals surface area contributed by atoms with Gasteiger partial charge in [0.2, 0.25) is 11.8 Å². The van der Waals surface area contributed by atoms with E-state index in [2.05, 4.69) is 50.0 Å². The van der Waals surface area contributed by atoms with Gasteiger partial charge in [-0.25, -0.2) is 0 Å². The summed E-state index contributed by atoms with van der Waals surface area (Å²) in [6.45, 7) is 8.53. The first kappa shape index (κ1) is 15.8. The summed E-state index contributed by atoms with van der Waals surface area (Å²) in [5.41, 5.74) is 4.83. The summed E-state index contributed by atoms with van der Waals surface area (Å²) in [5.74, 6) is 1.23. The molecule has 1 unspecified atom stereocenters. The van der Waals surface area contributed by atoms with Gasteiger partial charge in [0.15, 0.2) is 0 Å². The van der Waals surface area contributed by atoms with Crippen LogP contribution in [0.15, 0.2) is 51.8 Å². The van der Waals surface area contributed by atoms with Gasteiger partial charge >= 0.3 is 0 Å². The predicted molar refractivity (Wildman–Crippen MR) is 94.7 cm³/mol. The number of aryl methyl sites for hydroxylation is 3. The third kappa shape index (κ3) is 3.48. The highest BCUT2D eigenvalue weighted by atomic mass is 32.2. The lowest BCUT2D eigenvalue weighted by molar-refractivity contribution is 0.509. The van der Waals surface area contributed by atoms with Crippen LogP contribution < -0.4 is 0 Å². The van der Waals surface area contributed by atoms with Crippen LogP contribution in [-0.2, 0) is 0 Å². The van der Waals surface area contributed by atoms with E-state index in [1.165, 1.54) is 21.6 Å². The minimum absolute atomic E-state index is 0.111. The fourth-order valence-corrected chi connectivity index (χ4v) is 3.72. The van der Waals surface area contributed by atoms with Crippen LogP contribution >= 0.6 is 11.8 Å². The topological polar surface area (TPSA) is 38.9 Å². The maximum Gasteiger partial charge on any atom is 0.247 e. The zero-order chi connectivity index (χ0) is 16.4. The van der Waals surface area contributed by atoms with Gasteiger partial charge in [0.05, 0.1) is 5.25 Å². The second kappa shape index (κ2) is 6.59. The largest absolute Gasteiger partial charge is 0.419 e. The maximum absolute atomic E-state index is 5.86. The first-order chi connectivity index (χ1) is 11.0. The van der Waals surface area contributed by atoms with Crippen LogP contribution in [0, 0.1) is 20.8 Å². The Morgan fingerprint density at radius 1 is 0.957 bits per heavy atom. The lowest BCUT2D eigenvalue weighted by atomic mass is 10.1. The molecule has 1 atom stereocenters. The van der Waals surface area contributed by atoms with E-state index in [0.29, 0.717) is 11.8 Å². The van der Waals surface area contributed by atoms with Crippen LogP contribution in [0.25, 0.3) is 11.5 Å². The van der Waals surface area contributed by atoms with Gasteiger partial charge in [-0.15, -0.1) is 22.0 Å². The summed E-state index contributed by atoms with van der Waals surface area (Å²) in [6.07, 6.45) is 0. The van der Waals surface area contributed by atoms with Crippen molar-refractivity contribution in [3.8, 4) is 11.5 Å². The standard InChI is InChI=1S/C19H20N2OS/c1-12-10-13(2)17(14(3)11-12)23-15(4)18-20-21-19(22-18)16-8-6-5-7-9-16/h5-11,15H,1-4H3. The molecular weight excluding hydrogens is 304 g/mol. The Morgan fingerprint density at radius 3 is 2.26 bits per heavy atom. The van der Waals surface area contributed by atoms with Gasteiger partial charge < -0.3 is 4.42 Å². The molecule has 0 aliphatic carbocycles. The Bertz CT molecular complexity index is 788. The Hall–Kier alpha value is -2.07. The van der Waals surface area contributed by atoms with Crippen molar-refractivity contribution in [3.05, 3.63) is 65.0 Å². The molecule has 118 valence electrons. The minimum Gasteiger partial charge on any atom is -0.419 e. The van der Waals surface area contributed by atoms with E-state index >= 15 is 0 Å². The summed E-state index contributed by atoms with van der Waals surface area (Å²) in [5, 5.41) is 8.52. The molecule has 0 fully saturated rings. The molecule has 1 heterocycles. The number of rotatable bonds is 4. The fourth-order valence-electron chi connectivity index (χ4n) is 2.68. The van der Waals surface area contributed by atoms with Gasteiger partial charge in [-0.1, -0.05) is 35.9 Å². The molecule has 3 nitrogen and oxygen atoms in total. The summed E-state index contributed by atoms with van der Waals surface area (Å²) in [4.78, 5) is 1.29. The average Bonchev–Trinajstić information content (AvgIpc) is 3.01. The average molecular weight is 324 g/mol. The van der Waals surface area contributed by atoms with Crippen LogP contribution in [0.2, 0.25) is 0 Å². The molecule has 0 aliphatic rings. The molecule has 0 saturated heterocycles. The molecule has 0 aliphatic heterocycles. The summed E-state index contributed by atoms with van der Waals surface area (Å²) < 4.78 is 5.86. The highest BCUT2D eigenvalue weighted by Gasteiger charge is 2.18. The van der Waals surface area contributed by atoms with Crippen LogP contribution in [0.5, 0.6) is 0 Å². The van der Waals surface area contributed by atoms with Crippen molar-refractivity contribution in [1.29, 1.82) is 0 Å². The van der Waals surface area contributed by atoms with Gasteiger partial charge in [0.1, 0.15) is 0 Å². The smallest absolute Gasteiger partial charge is 0.247 e. The SMILES string of the molecule is Cc1cc(C)c(SC(C)c2nnc(-c3ccccc3)o2)c(C)c1. The molecule has 0 bridgehead atoms. The third-order valence-corrected chi connectivity index (χ3v) is 5.14. The zero-order valence-electron chi connectivity index (χ0n) is 13.8. The van der Waals surface area contributed by atoms with E-state index in [-0.39, 0.29) is 5.25 Å². The van der Waals surface area contributed by atoms with Gasteiger partial charge in [-0.05, 0) is 51.0 Å². The highest BCUT2D eigenvalue weighted by Crippen LogP contribution is 2.38. The van der Waals surface area contributed by atoms with Gasteiger partial charge in [0, 0.05) is 10.5 Å². The van der Waals surface area contributed by atoms with Crippen LogP contribution in [-0.4, -0.2) is 10.2 Å². The lowest BCUT2D eigenvalue weighted by Gasteiger charge is -2.13. The molecule has 2 aromatic carbocycles. The number of aromatic nitrogens is 2. The van der Waals surface area contributed by atoms with E-state index in [0.717, 1.165) is 5.56 Å². The summed E-state index contributed by atoms with van der Waals surface area (Å²) >= 11 is 1.77. The molecule has 0 radical (unpaired) electrons. The molecule has 4 heteroatoms. The number of hydrogen-bond acceptors (Lipinski definition) is 4. The zero-order valence-corrected chi connectivity index (χ0v) is 14.6. The Labute approximate surface area is 141 Å². The first-order valence-corrected chi connectivity index (χ1v) is 8.56. The Kier molecular flexibility index (Phi) is 4.53. The molecule has 3 rings (SSSR count). The predicted octanol–water partition coefficient (Wildman–Crippen LogP) is 5.52. The second-order valence-electron chi connectivity index (χ2n) is 5.80. The third-order valence-electron chi connectivity index (χ3n) is 3.71. The molecule has 0 amide bonds. The normalized spacial score (nSPS) is 12.3. The summed E-state index contributed by atoms with van der Waals surface area (Å²) in [6, 6.07) is 14.3. The maximum atomic E-state index is 5.86. The lowest BCUT2D eigenvalue weighted by Crippen LogP contribution is -1.93.